The van der Waals surface area contributed by atoms with Gasteiger partial charge in [0.1, 0.15) is 43.0 Å². The Hall–Kier alpha value is -9.72. The number of carboxylic acid groups (broad SMARTS) is 2. The fraction of sp³-hybridized carbons (Fsp3) is 0.361. The summed E-state index contributed by atoms with van der Waals surface area (Å²) in [5.41, 5.74) is 10.1. The molecule has 33 nitrogen and oxygen atoms in total. The third-order valence-corrected chi connectivity index (χ3v) is 16.2. The zero-order valence-electron chi connectivity index (χ0n) is 53.5. The second kappa shape index (κ2) is 37.5. The topological polar surface area (TPSA) is 427 Å². The number of aldehydes is 1. The maximum absolute atomic E-state index is 11.3. The predicted octanol–water partition coefficient (Wildman–Crippen LogP) is 4.55. The SMILES string of the molecule is CCOC(=O)Cn1ncc2c(Cl)nccc21.CN(CCN)C1CCCCC1.CN1C=Cc2c(cnn2CC(=O)O)C1O.COC(=O)Cn1ncc2c(=O)[nH]ccc21.COC(=O)Cn1ncc2c1C=CN(C)C2O.O=C(O)Cn1ncc2c(=O)[nH]ccc21.O=Cc1c(I)ccnc1Cl. The number of carboxylic acids is 2. The molecule has 0 radical (unpaired) electrons. The number of aliphatic carboxylic acids is 2. The van der Waals surface area contributed by atoms with Gasteiger partial charge in [-0.25, -0.2) is 9.97 Å². The fourth-order valence-electron chi connectivity index (χ4n) is 9.60. The molecule has 1 aliphatic carbocycles. The summed E-state index contributed by atoms with van der Waals surface area (Å²) in [6.45, 7) is 3.68. The number of aromatic nitrogens is 14. The normalized spacial score (nSPS) is 14.2. The molecule has 1 saturated carbocycles. The van der Waals surface area contributed by atoms with E-state index in [0.717, 1.165) is 39.3 Å². The van der Waals surface area contributed by atoms with Crippen LogP contribution in [0.4, 0.5) is 0 Å². The van der Waals surface area contributed by atoms with Gasteiger partial charge in [0, 0.05) is 85.1 Å². The van der Waals surface area contributed by atoms with Crippen molar-refractivity contribution in [3.05, 3.63) is 155 Å². The van der Waals surface area contributed by atoms with Gasteiger partial charge < -0.3 is 65.0 Å². The van der Waals surface area contributed by atoms with Crippen LogP contribution >= 0.6 is 45.8 Å². The average Bonchev–Trinajstić information content (AvgIpc) is 1.72. The number of likely N-dealkylation sites (N-methyl/N-ethyl adjacent to an activating group) is 1. The number of methoxy groups -OCH3 is 2. The van der Waals surface area contributed by atoms with Crippen LogP contribution in [0.2, 0.25) is 10.3 Å². The van der Waals surface area contributed by atoms with Gasteiger partial charge in [0.25, 0.3) is 11.1 Å². The highest BCUT2D eigenvalue weighted by Crippen LogP contribution is 2.28. The number of hydrogen-bond acceptors (Lipinski definition) is 24. The van der Waals surface area contributed by atoms with Crippen LogP contribution in [-0.2, 0) is 70.9 Å². The Kier molecular flexibility index (Phi) is 29.5. The molecule has 0 spiro atoms. The molecule has 0 amide bonds. The number of esters is 3. The van der Waals surface area contributed by atoms with E-state index in [2.05, 4.69) is 66.9 Å². The number of aromatic amines is 2. The van der Waals surface area contributed by atoms with E-state index >= 15 is 0 Å². The lowest BCUT2D eigenvalue weighted by molar-refractivity contribution is -0.144. The van der Waals surface area contributed by atoms with Crippen LogP contribution in [0, 0.1) is 3.57 Å². The van der Waals surface area contributed by atoms with Crippen molar-refractivity contribution in [2.45, 2.75) is 90.2 Å². The van der Waals surface area contributed by atoms with Gasteiger partial charge in [0.2, 0.25) is 0 Å². The number of nitrogens with one attached hydrogen (secondary N) is 2. The Morgan fingerprint density at radius 3 is 1.55 bits per heavy atom. The molecule has 1 fully saturated rings. The first-order chi connectivity index (χ1) is 46.4. The zero-order valence-corrected chi connectivity index (χ0v) is 57.2. The van der Waals surface area contributed by atoms with Gasteiger partial charge in [-0.1, -0.05) is 42.5 Å². The fourth-order valence-corrected chi connectivity index (χ4v) is 10.7. The molecular formula is C61H73Cl2IN18O15. The van der Waals surface area contributed by atoms with E-state index < -0.39 is 30.4 Å². The van der Waals surface area contributed by atoms with E-state index in [1.807, 2.05) is 22.6 Å². The highest BCUT2D eigenvalue weighted by atomic mass is 127. The Bertz CT molecular complexity index is 4300. The molecule has 12 rings (SSSR count). The van der Waals surface area contributed by atoms with Gasteiger partial charge in [-0.15, -0.1) is 0 Å². The van der Waals surface area contributed by atoms with E-state index in [1.165, 1.54) is 96.0 Å². The first kappa shape index (κ1) is 76.3. The summed E-state index contributed by atoms with van der Waals surface area (Å²) in [6.07, 6.45) is 26.8. The van der Waals surface area contributed by atoms with Gasteiger partial charge in [-0.3, -0.25) is 61.8 Å². The quantitative estimate of drug-likeness (QED) is 0.0243. The van der Waals surface area contributed by atoms with E-state index in [4.69, 9.17) is 43.9 Å². The number of aliphatic hydroxyl groups is 2. The van der Waals surface area contributed by atoms with Gasteiger partial charge in [-0.05, 0) is 85.8 Å². The number of hydrogen-bond donors (Lipinski definition) is 7. The number of rotatable bonds is 15. The molecule has 0 bridgehead atoms. The molecule has 2 aliphatic heterocycles. The number of ether oxygens (including phenoxy) is 3. The monoisotopic (exact) mass is 1490 g/mol. The first-order valence-corrected chi connectivity index (χ1v) is 31.5. The maximum atomic E-state index is 11.3. The molecule has 2 atom stereocenters. The van der Waals surface area contributed by atoms with Crippen molar-refractivity contribution in [2.75, 3.05) is 55.1 Å². The van der Waals surface area contributed by atoms with E-state index in [1.54, 1.807) is 109 Å². The highest BCUT2D eigenvalue weighted by molar-refractivity contribution is 14.1. The Morgan fingerprint density at radius 2 is 1.08 bits per heavy atom. The van der Waals surface area contributed by atoms with Crippen molar-refractivity contribution in [3.8, 4) is 0 Å². The molecule has 11 heterocycles. The van der Waals surface area contributed by atoms with Crippen molar-refractivity contribution >= 4 is 127 Å². The lowest BCUT2D eigenvalue weighted by Gasteiger charge is -2.30. The number of aliphatic hydroxyl groups excluding tert-OH is 2. The van der Waals surface area contributed by atoms with Gasteiger partial charge in [0.05, 0.1) is 101 Å². The van der Waals surface area contributed by atoms with Crippen molar-refractivity contribution in [2.24, 2.45) is 5.73 Å². The third-order valence-electron chi connectivity index (χ3n) is 14.6. The van der Waals surface area contributed by atoms with Crippen LogP contribution in [0.3, 0.4) is 0 Å². The summed E-state index contributed by atoms with van der Waals surface area (Å²) in [6, 6.07) is 7.62. The number of nitrogens with two attached hydrogens (primary N) is 1. The molecule has 0 aromatic carbocycles. The van der Waals surface area contributed by atoms with Crippen LogP contribution in [0.5, 0.6) is 0 Å². The van der Waals surface area contributed by atoms with Crippen molar-refractivity contribution in [3.63, 3.8) is 0 Å². The van der Waals surface area contributed by atoms with Crippen LogP contribution in [-0.4, -0.2) is 201 Å². The molecule has 97 heavy (non-hydrogen) atoms. The molecule has 518 valence electrons. The number of carbonyl (C=O) groups excluding carboxylic acids is 4. The Balaban J connectivity index is 0.000000180. The molecule has 0 saturated heterocycles. The van der Waals surface area contributed by atoms with Gasteiger partial charge in [-0.2, -0.15) is 25.5 Å². The predicted molar refractivity (Wildman–Crippen MR) is 363 cm³/mol. The number of fused-ring (bicyclic) bond motifs is 5. The molecular weight excluding hydrogens is 1420 g/mol. The number of halogens is 3. The lowest BCUT2D eigenvalue weighted by atomic mass is 9.94. The second-order valence-corrected chi connectivity index (χ2v) is 22.9. The average molecular weight is 1500 g/mol. The Labute approximate surface area is 576 Å². The molecule has 9 aromatic heterocycles. The summed E-state index contributed by atoms with van der Waals surface area (Å²) in [7, 11) is 8.33. The minimum Gasteiger partial charge on any atom is -0.480 e. The van der Waals surface area contributed by atoms with E-state index in [0.29, 0.717) is 62.2 Å². The maximum Gasteiger partial charge on any atom is 0.327 e. The zero-order chi connectivity index (χ0) is 70.9. The van der Waals surface area contributed by atoms with E-state index in [-0.39, 0.29) is 60.9 Å². The van der Waals surface area contributed by atoms with Crippen LogP contribution in [0.15, 0.2) is 102 Å². The standard InChI is InChI=1S/C10H10ClN3O2.C10H13N3O3.C9H11N3O3.C9H9N3O3.C9H20N2.C8H7N3O3.C6H3ClINO/c1-2-16-9(15)6-14-8-3-4-12-10(11)7(8)5-13-14;1-12-4-3-8-7(10(12)15)5-11-13(8)6-9(14)16-2;1-11-3-2-7-6(9(11)15)4-10-12(7)5-8(13)14;1-15-8(13)5-12-7-2-3-10-9(14)6(7)4-11-12;1-11(8-7-10)9-5-3-2-4-6-9;12-7(13)4-11-6-1-2-9-8(14)5(6)3-10-11;7-6-4(3-10)5(8)1-2-9-6/h3-5H,2,6H2,1H3;3-5,10,15H,6H2,1-2H3;2-4,9,15H,5H2,1H3,(H,13,14);2-4H,5H2,1H3,(H,10,14);9H,2-8,10H2,1H3;1-3H,4H2,(H,9,14)(H,12,13);1-3H. The summed E-state index contributed by atoms with van der Waals surface area (Å²) in [5, 5.41) is 58.8. The van der Waals surface area contributed by atoms with Crippen LogP contribution in [0.1, 0.15) is 84.4 Å². The summed E-state index contributed by atoms with van der Waals surface area (Å²) < 4.78 is 21.9. The van der Waals surface area contributed by atoms with E-state index in [9.17, 15) is 48.6 Å². The number of H-pyrrole nitrogens is 2. The largest absolute Gasteiger partial charge is 0.480 e. The molecule has 9 aromatic rings. The van der Waals surface area contributed by atoms with Gasteiger partial charge >= 0.3 is 29.8 Å². The van der Waals surface area contributed by atoms with Crippen LogP contribution in [0.25, 0.3) is 44.9 Å². The molecule has 36 heteroatoms. The number of nitrogens with zero attached hydrogens (tertiary/aromatic N) is 15. The summed E-state index contributed by atoms with van der Waals surface area (Å²) in [5.74, 6) is -3.04. The first-order valence-electron chi connectivity index (χ1n) is 29.6. The summed E-state index contributed by atoms with van der Waals surface area (Å²) >= 11 is 13.5. The molecule has 8 N–H and O–H groups in total. The van der Waals surface area contributed by atoms with Gasteiger partial charge in [0.15, 0.2) is 18.7 Å². The highest BCUT2D eigenvalue weighted by Gasteiger charge is 2.25. The minimum atomic E-state index is -0.990. The lowest BCUT2D eigenvalue weighted by Crippen LogP contribution is -2.36. The number of pyridine rings is 4. The van der Waals surface area contributed by atoms with Crippen molar-refractivity contribution in [1.29, 1.82) is 0 Å². The third kappa shape index (κ3) is 21.4. The smallest absolute Gasteiger partial charge is 0.327 e. The molecule has 3 aliphatic rings. The molecule has 2 unspecified atom stereocenters. The summed E-state index contributed by atoms with van der Waals surface area (Å²) in [4.78, 5) is 106. The second-order valence-electron chi connectivity index (χ2n) is 21.1. The van der Waals surface area contributed by atoms with Crippen molar-refractivity contribution in [1.82, 2.24) is 83.5 Å². The van der Waals surface area contributed by atoms with Crippen LogP contribution < -0.4 is 16.9 Å². The van der Waals surface area contributed by atoms with Crippen molar-refractivity contribution < 1.29 is 63.4 Å². The Morgan fingerprint density at radius 1 is 0.649 bits per heavy atom. The minimum absolute atomic E-state index is 0.00343. The number of carbonyl (C=O) groups is 6.